The van der Waals surface area contributed by atoms with Crippen LogP contribution in [0, 0.1) is 12.8 Å². The van der Waals surface area contributed by atoms with Crippen LogP contribution in [0.3, 0.4) is 0 Å². The van der Waals surface area contributed by atoms with Gasteiger partial charge in [0.05, 0.1) is 13.0 Å². The summed E-state index contributed by atoms with van der Waals surface area (Å²) < 4.78 is 4.78. The van der Waals surface area contributed by atoms with Crippen molar-refractivity contribution in [3.8, 4) is 0 Å². The highest BCUT2D eigenvalue weighted by Gasteiger charge is 2.29. The lowest BCUT2D eigenvalue weighted by Crippen LogP contribution is -2.24. The number of hydrogen-bond acceptors (Lipinski definition) is 3. The van der Waals surface area contributed by atoms with E-state index in [1.807, 2.05) is 12.1 Å². The van der Waals surface area contributed by atoms with Crippen LogP contribution in [0.1, 0.15) is 12.0 Å². The highest BCUT2D eigenvalue weighted by atomic mass is 16.5. The molecule has 1 saturated heterocycles. The van der Waals surface area contributed by atoms with E-state index in [1.165, 1.54) is 18.4 Å². The molecule has 3 nitrogen and oxygen atoms in total. The number of ether oxygens (including phenoxy) is 1. The molecule has 1 unspecified atom stereocenters. The second kappa shape index (κ2) is 4.56. The third kappa shape index (κ3) is 2.03. The molecule has 1 aliphatic heterocycles. The van der Waals surface area contributed by atoms with Crippen molar-refractivity contribution in [2.45, 2.75) is 13.3 Å². The van der Waals surface area contributed by atoms with Gasteiger partial charge in [0.1, 0.15) is 0 Å². The Morgan fingerprint density at radius 1 is 1.44 bits per heavy atom. The van der Waals surface area contributed by atoms with Gasteiger partial charge in [-0.3, -0.25) is 4.79 Å². The molecule has 1 aliphatic rings. The first-order valence-corrected chi connectivity index (χ1v) is 5.61. The molecule has 0 aromatic heterocycles. The Labute approximate surface area is 96.0 Å². The number of carbonyl (C=O) groups excluding carboxylic acids is 1. The Morgan fingerprint density at radius 2 is 2.19 bits per heavy atom. The van der Waals surface area contributed by atoms with E-state index in [9.17, 15) is 4.79 Å². The van der Waals surface area contributed by atoms with Gasteiger partial charge < -0.3 is 9.64 Å². The fraction of sp³-hybridized carbons (Fsp3) is 0.462. The Morgan fingerprint density at radius 3 is 2.88 bits per heavy atom. The van der Waals surface area contributed by atoms with E-state index in [0.29, 0.717) is 0 Å². The second-order valence-corrected chi connectivity index (χ2v) is 4.24. The predicted molar refractivity (Wildman–Crippen MR) is 63.5 cm³/mol. The molecular weight excluding hydrogens is 202 g/mol. The summed E-state index contributed by atoms with van der Waals surface area (Å²) >= 11 is 0. The third-order valence-corrected chi connectivity index (χ3v) is 3.18. The minimum atomic E-state index is -0.0870. The molecule has 0 bridgehead atoms. The summed E-state index contributed by atoms with van der Waals surface area (Å²) in [6.45, 7) is 3.81. The maximum Gasteiger partial charge on any atom is 0.310 e. The molecule has 0 radical (unpaired) electrons. The first-order valence-electron chi connectivity index (χ1n) is 5.61. The number of hydrogen-bond donors (Lipinski definition) is 0. The lowest BCUT2D eigenvalue weighted by Gasteiger charge is -2.20. The molecule has 1 atom stereocenters. The SMILES string of the molecule is COC(=O)C1CCN(c2ccccc2C)C1. The van der Waals surface area contributed by atoms with E-state index in [2.05, 4.69) is 24.0 Å². The van der Waals surface area contributed by atoms with Crippen LogP contribution >= 0.6 is 0 Å². The van der Waals surface area contributed by atoms with Crippen molar-refractivity contribution in [1.82, 2.24) is 0 Å². The minimum Gasteiger partial charge on any atom is -0.469 e. The number of carbonyl (C=O) groups is 1. The van der Waals surface area contributed by atoms with Crippen molar-refractivity contribution in [3.63, 3.8) is 0 Å². The molecular formula is C13H17NO2. The van der Waals surface area contributed by atoms with Crippen molar-refractivity contribution in [2.24, 2.45) is 5.92 Å². The summed E-state index contributed by atoms with van der Waals surface area (Å²) in [6, 6.07) is 8.27. The monoisotopic (exact) mass is 219 g/mol. The predicted octanol–water partition coefficient (Wildman–Crippen LogP) is 1.99. The van der Waals surface area contributed by atoms with Gasteiger partial charge in [-0.25, -0.2) is 0 Å². The highest BCUT2D eigenvalue weighted by molar-refractivity contribution is 5.74. The van der Waals surface area contributed by atoms with E-state index >= 15 is 0 Å². The van der Waals surface area contributed by atoms with Crippen molar-refractivity contribution in [3.05, 3.63) is 29.8 Å². The number of esters is 1. The second-order valence-electron chi connectivity index (χ2n) is 4.24. The van der Waals surface area contributed by atoms with Crippen molar-refractivity contribution < 1.29 is 9.53 Å². The number of para-hydroxylation sites is 1. The lowest BCUT2D eigenvalue weighted by molar-refractivity contribution is -0.144. The molecule has 1 aromatic carbocycles. The van der Waals surface area contributed by atoms with E-state index < -0.39 is 0 Å². The first-order chi connectivity index (χ1) is 7.72. The van der Waals surface area contributed by atoms with Crippen molar-refractivity contribution >= 4 is 11.7 Å². The molecule has 1 heterocycles. The molecule has 1 aromatic rings. The molecule has 3 heteroatoms. The van der Waals surface area contributed by atoms with Crippen LogP contribution in [-0.4, -0.2) is 26.2 Å². The molecule has 0 aliphatic carbocycles. The third-order valence-electron chi connectivity index (χ3n) is 3.18. The summed E-state index contributed by atoms with van der Waals surface area (Å²) in [7, 11) is 1.46. The Kier molecular flexibility index (Phi) is 3.13. The Hall–Kier alpha value is -1.51. The molecule has 0 N–H and O–H groups in total. The van der Waals surface area contributed by atoms with Crippen LogP contribution in [0.2, 0.25) is 0 Å². The summed E-state index contributed by atoms with van der Waals surface area (Å²) in [5.74, 6) is -0.0549. The average molecular weight is 219 g/mol. The van der Waals surface area contributed by atoms with Gasteiger partial charge in [-0.1, -0.05) is 18.2 Å². The summed E-state index contributed by atoms with van der Waals surface area (Å²) in [4.78, 5) is 13.7. The van der Waals surface area contributed by atoms with Gasteiger partial charge in [-0.15, -0.1) is 0 Å². The van der Waals surface area contributed by atoms with E-state index in [-0.39, 0.29) is 11.9 Å². The smallest absolute Gasteiger partial charge is 0.310 e. The summed E-state index contributed by atoms with van der Waals surface area (Å²) in [6.07, 6.45) is 0.890. The average Bonchev–Trinajstić information content (AvgIpc) is 2.78. The Bertz CT molecular complexity index is 389. The maximum absolute atomic E-state index is 11.4. The molecule has 86 valence electrons. The van der Waals surface area contributed by atoms with Gasteiger partial charge in [0, 0.05) is 18.8 Å². The zero-order chi connectivity index (χ0) is 11.5. The standard InChI is InChI=1S/C13H17NO2/c1-10-5-3-4-6-12(10)14-8-7-11(9-14)13(15)16-2/h3-6,11H,7-9H2,1-2H3. The largest absolute Gasteiger partial charge is 0.469 e. The minimum absolute atomic E-state index is 0.0320. The summed E-state index contributed by atoms with van der Waals surface area (Å²) in [5, 5.41) is 0. The number of rotatable bonds is 2. The van der Waals surface area contributed by atoms with Gasteiger partial charge in [0.2, 0.25) is 0 Å². The molecule has 0 amide bonds. The summed E-state index contributed by atoms with van der Waals surface area (Å²) in [5.41, 5.74) is 2.49. The fourth-order valence-corrected chi connectivity index (χ4v) is 2.26. The quantitative estimate of drug-likeness (QED) is 0.712. The van der Waals surface area contributed by atoms with Gasteiger partial charge >= 0.3 is 5.97 Å². The number of benzene rings is 1. The molecule has 2 rings (SSSR count). The molecule has 1 fully saturated rings. The van der Waals surface area contributed by atoms with Crippen LogP contribution in [0.15, 0.2) is 24.3 Å². The molecule has 16 heavy (non-hydrogen) atoms. The number of anilines is 1. The first kappa shape index (κ1) is 11.0. The van der Waals surface area contributed by atoms with Gasteiger partial charge in [-0.2, -0.15) is 0 Å². The zero-order valence-corrected chi connectivity index (χ0v) is 9.77. The number of methoxy groups -OCH3 is 1. The zero-order valence-electron chi connectivity index (χ0n) is 9.77. The van der Waals surface area contributed by atoms with Crippen LogP contribution in [-0.2, 0) is 9.53 Å². The van der Waals surface area contributed by atoms with Crippen LogP contribution in [0.4, 0.5) is 5.69 Å². The van der Waals surface area contributed by atoms with Gasteiger partial charge in [0.25, 0.3) is 0 Å². The van der Waals surface area contributed by atoms with Gasteiger partial charge in [-0.05, 0) is 25.0 Å². The number of nitrogens with zero attached hydrogens (tertiary/aromatic N) is 1. The van der Waals surface area contributed by atoms with Crippen molar-refractivity contribution in [2.75, 3.05) is 25.1 Å². The van der Waals surface area contributed by atoms with Gasteiger partial charge in [0.15, 0.2) is 0 Å². The van der Waals surface area contributed by atoms with Crippen molar-refractivity contribution in [1.29, 1.82) is 0 Å². The van der Waals surface area contributed by atoms with Crippen LogP contribution < -0.4 is 4.90 Å². The van der Waals surface area contributed by atoms with E-state index in [4.69, 9.17) is 4.74 Å². The number of aryl methyl sites for hydroxylation is 1. The van der Waals surface area contributed by atoms with E-state index in [0.717, 1.165) is 19.5 Å². The fourth-order valence-electron chi connectivity index (χ4n) is 2.26. The topological polar surface area (TPSA) is 29.5 Å². The Balaban J connectivity index is 2.09. The van der Waals surface area contributed by atoms with Crippen LogP contribution in [0.25, 0.3) is 0 Å². The lowest BCUT2D eigenvalue weighted by atomic mass is 10.1. The highest BCUT2D eigenvalue weighted by Crippen LogP contribution is 2.26. The molecule has 0 saturated carbocycles. The molecule has 0 spiro atoms. The van der Waals surface area contributed by atoms with Crippen LogP contribution in [0.5, 0.6) is 0 Å². The normalized spacial score (nSPS) is 19.9. The maximum atomic E-state index is 11.4. The van der Waals surface area contributed by atoms with E-state index in [1.54, 1.807) is 0 Å².